The lowest BCUT2D eigenvalue weighted by Gasteiger charge is -2.39. The van der Waals surface area contributed by atoms with E-state index in [4.69, 9.17) is 5.73 Å². The number of carbonyl (C=O) groups is 2. The molecule has 0 radical (unpaired) electrons. The smallest absolute Gasteiger partial charge is 0.242 e. The summed E-state index contributed by atoms with van der Waals surface area (Å²) in [6.45, 7) is 0.664. The topological polar surface area (TPSA) is 63.4 Å². The minimum Gasteiger partial charge on any atom is -0.341 e. The summed E-state index contributed by atoms with van der Waals surface area (Å²) in [6, 6.07) is 1.02. The van der Waals surface area contributed by atoms with Crippen LogP contribution in [0.2, 0.25) is 0 Å². The van der Waals surface area contributed by atoms with Gasteiger partial charge in [-0.25, -0.2) is 13.2 Å². The number of ketones is 1. The molecule has 27 heavy (non-hydrogen) atoms. The van der Waals surface area contributed by atoms with Gasteiger partial charge in [0.15, 0.2) is 5.78 Å². The van der Waals surface area contributed by atoms with Crippen molar-refractivity contribution in [3.05, 3.63) is 35.1 Å². The summed E-state index contributed by atoms with van der Waals surface area (Å²) >= 11 is 0. The van der Waals surface area contributed by atoms with Gasteiger partial charge in [-0.3, -0.25) is 9.59 Å². The number of carbonyl (C=O) groups excluding carboxylic acids is 2. The summed E-state index contributed by atoms with van der Waals surface area (Å²) in [5.74, 6) is -4.79. The van der Waals surface area contributed by atoms with Crippen molar-refractivity contribution in [2.45, 2.75) is 50.5 Å². The average molecular weight is 405 g/mol. The van der Waals surface area contributed by atoms with Crippen molar-refractivity contribution >= 4 is 24.1 Å². The molecule has 1 aromatic rings. The first-order valence-corrected chi connectivity index (χ1v) is 9.09. The van der Waals surface area contributed by atoms with E-state index in [2.05, 4.69) is 0 Å². The van der Waals surface area contributed by atoms with Gasteiger partial charge in [0.05, 0.1) is 11.1 Å². The van der Waals surface area contributed by atoms with E-state index in [1.807, 2.05) is 0 Å². The number of hydrogen-bond donors (Lipinski definition) is 1. The lowest BCUT2D eigenvalue weighted by molar-refractivity contribution is -0.139. The second-order valence-corrected chi connectivity index (χ2v) is 7.39. The standard InChI is InChI=1S/C19H23F3N2O2.ClH/c20-13-10-14(21)16(15(22)11-13)17(25)12-4-8-24(9-5-12)18(26)19(23)6-2-1-3-7-19;/h10-12H,1-9,23H2;1H. The number of halogens is 4. The quantitative estimate of drug-likeness (QED) is 0.783. The second-order valence-electron chi connectivity index (χ2n) is 7.39. The number of benzene rings is 1. The SMILES string of the molecule is Cl.NC1(C(=O)N2CCC(C(=O)c3c(F)cc(F)cc3F)CC2)CCCCC1. The van der Waals surface area contributed by atoms with Crippen LogP contribution < -0.4 is 5.73 Å². The van der Waals surface area contributed by atoms with Gasteiger partial charge in [-0.15, -0.1) is 12.4 Å². The summed E-state index contributed by atoms with van der Waals surface area (Å²) in [5, 5.41) is 0. The molecule has 2 N–H and O–H groups in total. The van der Waals surface area contributed by atoms with Crippen LogP contribution in [0.3, 0.4) is 0 Å². The molecule has 0 atom stereocenters. The third-order valence-corrected chi connectivity index (χ3v) is 5.58. The number of nitrogens with zero attached hydrogens (tertiary/aromatic N) is 1. The Morgan fingerprint density at radius 3 is 2.04 bits per heavy atom. The Morgan fingerprint density at radius 1 is 1.00 bits per heavy atom. The molecular weight excluding hydrogens is 381 g/mol. The predicted octanol–water partition coefficient (Wildman–Crippen LogP) is 3.61. The van der Waals surface area contributed by atoms with E-state index in [9.17, 15) is 22.8 Å². The molecule has 1 aromatic carbocycles. The lowest BCUT2D eigenvalue weighted by atomic mass is 9.80. The summed E-state index contributed by atoms with van der Waals surface area (Å²) in [5.41, 5.74) is 4.76. The molecule has 4 nitrogen and oxygen atoms in total. The van der Waals surface area contributed by atoms with Crippen LogP contribution in [0.25, 0.3) is 0 Å². The average Bonchev–Trinajstić information content (AvgIpc) is 2.61. The van der Waals surface area contributed by atoms with Crippen molar-refractivity contribution in [1.29, 1.82) is 0 Å². The fourth-order valence-electron chi connectivity index (χ4n) is 4.04. The fourth-order valence-corrected chi connectivity index (χ4v) is 4.04. The van der Waals surface area contributed by atoms with Gasteiger partial charge in [0.2, 0.25) is 5.91 Å². The van der Waals surface area contributed by atoms with Gasteiger partial charge in [-0.1, -0.05) is 19.3 Å². The molecule has 1 amide bonds. The first-order chi connectivity index (χ1) is 12.3. The number of likely N-dealkylation sites (tertiary alicyclic amines) is 1. The van der Waals surface area contributed by atoms with E-state index in [1.54, 1.807) is 4.90 Å². The first kappa shape index (κ1) is 21.7. The molecule has 0 spiro atoms. The second kappa shape index (κ2) is 8.61. The third-order valence-electron chi connectivity index (χ3n) is 5.58. The molecular formula is C19H24ClF3N2O2. The lowest BCUT2D eigenvalue weighted by Crippen LogP contribution is -2.57. The van der Waals surface area contributed by atoms with Crippen LogP contribution in [0, 0.1) is 23.4 Å². The Balaban J connectivity index is 0.00000261. The number of hydrogen-bond acceptors (Lipinski definition) is 3. The molecule has 8 heteroatoms. The maximum absolute atomic E-state index is 13.8. The van der Waals surface area contributed by atoms with Crippen LogP contribution in [0.15, 0.2) is 12.1 Å². The number of nitrogens with two attached hydrogens (primary N) is 1. The molecule has 1 saturated heterocycles. The van der Waals surface area contributed by atoms with Gasteiger partial charge in [0.25, 0.3) is 0 Å². The predicted molar refractivity (Wildman–Crippen MR) is 97.2 cm³/mol. The summed E-state index contributed by atoms with van der Waals surface area (Å²) in [6.07, 6.45) is 4.90. The van der Waals surface area contributed by atoms with Crippen molar-refractivity contribution < 1.29 is 22.8 Å². The fraction of sp³-hybridized carbons (Fsp3) is 0.579. The molecule has 0 unspecified atom stereocenters. The van der Waals surface area contributed by atoms with Crippen LogP contribution in [-0.4, -0.2) is 35.2 Å². The van der Waals surface area contributed by atoms with E-state index in [0.717, 1.165) is 19.3 Å². The van der Waals surface area contributed by atoms with Gasteiger partial charge < -0.3 is 10.6 Å². The van der Waals surface area contributed by atoms with E-state index in [0.29, 0.717) is 50.9 Å². The largest absolute Gasteiger partial charge is 0.341 e. The highest BCUT2D eigenvalue weighted by Crippen LogP contribution is 2.31. The molecule has 0 bridgehead atoms. The van der Waals surface area contributed by atoms with Crippen molar-refractivity contribution in [2.24, 2.45) is 11.7 Å². The number of rotatable bonds is 3. The molecule has 2 fully saturated rings. The maximum Gasteiger partial charge on any atom is 0.242 e. The first-order valence-electron chi connectivity index (χ1n) is 9.09. The van der Waals surface area contributed by atoms with Gasteiger partial charge in [-0.05, 0) is 25.7 Å². The minimum atomic E-state index is -1.19. The van der Waals surface area contributed by atoms with Crippen molar-refractivity contribution in [1.82, 2.24) is 4.90 Å². The van der Waals surface area contributed by atoms with Gasteiger partial charge in [0, 0.05) is 31.1 Å². The van der Waals surface area contributed by atoms with E-state index in [1.165, 1.54) is 0 Å². The van der Waals surface area contributed by atoms with Crippen molar-refractivity contribution in [3.63, 3.8) is 0 Å². The zero-order chi connectivity index (χ0) is 18.9. The summed E-state index contributed by atoms with van der Waals surface area (Å²) in [4.78, 5) is 26.8. The molecule has 0 aromatic heterocycles. The molecule has 150 valence electrons. The monoisotopic (exact) mass is 404 g/mol. The van der Waals surface area contributed by atoms with Crippen LogP contribution in [-0.2, 0) is 4.79 Å². The number of Topliss-reactive ketones (excluding diaryl/α,β-unsaturated/α-hetero) is 1. The van der Waals surface area contributed by atoms with Crippen LogP contribution in [0.5, 0.6) is 0 Å². The van der Waals surface area contributed by atoms with Gasteiger partial charge >= 0.3 is 0 Å². The van der Waals surface area contributed by atoms with Crippen LogP contribution >= 0.6 is 12.4 Å². The molecule has 1 heterocycles. The molecule has 1 aliphatic heterocycles. The van der Waals surface area contributed by atoms with Gasteiger partial charge in [0.1, 0.15) is 17.5 Å². The Morgan fingerprint density at radius 2 is 1.52 bits per heavy atom. The number of piperidine rings is 1. The van der Waals surface area contributed by atoms with E-state index in [-0.39, 0.29) is 18.3 Å². The maximum atomic E-state index is 13.8. The Hall–Kier alpha value is -1.60. The van der Waals surface area contributed by atoms with Crippen LogP contribution in [0.4, 0.5) is 13.2 Å². The Kier molecular flexibility index (Phi) is 6.92. The molecule has 1 aliphatic carbocycles. The zero-order valence-electron chi connectivity index (χ0n) is 15.0. The minimum absolute atomic E-state index is 0. The highest BCUT2D eigenvalue weighted by atomic mass is 35.5. The summed E-state index contributed by atoms with van der Waals surface area (Å²) < 4.78 is 40.7. The van der Waals surface area contributed by atoms with E-state index < -0.39 is 40.3 Å². The summed E-state index contributed by atoms with van der Waals surface area (Å²) in [7, 11) is 0. The highest BCUT2D eigenvalue weighted by Gasteiger charge is 2.40. The third kappa shape index (κ3) is 4.46. The van der Waals surface area contributed by atoms with Gasteiger partial charge in [-0.2, -0.15) is 0 Å². The van der Waals surface area contributed by atoms with Crippen molar-refractivity contribution in [2.75, 3.05) is 13.1 Å². The Bertz CT molecular complexity index is 692. The molecule has 1 saturated carbocycles. The number of amides is 1. The zero-order valence-corrected chi connectivity index (χ0v) is 15.8. The van der Waals surface area contributed by atoms with Crippen LogP contribution in [0.1, 0.15) is 55.3 Å². The Labute approximate surface area is 162 Å². The molecule has 3 rings (SSSR count). The highest BCUT2D eigenvalue weighted by molar-refractivity contribution is 5.98. The molecule has 2 aliphatic rings. The van der Waals surface area contributed by atoms with E-state index >= 15 is 0 Å². The normalized spacial score (nSPS) is 20.1. The van der Waals surface area contributed by atoms with Crippen molar-refractivity contribution in [3.8, 4) is 0 Å².